The van der Waals surface area contributed by atoms with Crippen LogP contribution in [-0.4, -0.2) is 15.7 Å². The number of carbonyl (C=O) groups excluding carboxylic acids is 1. The number of nitrogens with zero attached hydrogens (tertiary/aromatic N) is 2. The predicted molar refractivity (Wildman–Crippen MR) is 146 cm³/mol. The smallest absolute Gasteiger partial charge is 0.255 e. The van der Waals surface area contributed by atoms with Crippen LogP contribution in [0.2, 0.25) is 0 Å². The summed E-state index contributed by atoms with van der Waals surface area (Å²) in [6.45, 7) is 0. The SMILES string of the molecule is O=C(Nc1cccc2ccccc12)c1ccc(-n2nc(-c3ccccc3)cc2-c2ccccc2)cc1. The van der Waals surface area contributed by atoms with E-state index in [1.807, 2.05) is 108 Å². The number of aromatic nitrogens is 2. The van der Waals surface area contributed by atoms with Gasteiger partial charge in [0.25, 0.3) is 5.91 Å². The first-order chi connectivity index (χ1) is 17.8. The van der Waals surface area contributed by atoms with Gasteiger partial charge >= 0.3 is 0 Å². The van der Waals surface area contributed by atoms with Crippen LogP contribution >= 0.6 is 0 Å². The Morgan fingerprint density at radius 2 is 1.28 bits per heavy atom. The summed E-state index contributed by atoms with van der Waals surface area (Å²) >= 11 is 0. The summed E-state index contributed by atoms with van der Waals surface area (Å²) in [5, 5.41) is 10.1. The van der Waals surface area contributed by atoms with Crippen LogP contribution in [0.3, 0.4) is 0 Å². The number of amides is 1. The van der Waals surface area contributed by atoms with Crippen LogP contribution in [0.15, 0.2) is 133 Å². The van der Waals surface area contributed by atoms with Crippen molar-refractivity contribution in [2.75, 3.05) is 5.32 Å². The lowest BCUT2D eigenvalue weighted by Crippen LogP contribution is -2.12. The largest absolute Gasteiger partial charge is 0.321 e. The number of benzene rings is 5. The molecule has 0 fully saturated rings. The zero-order chi connectivity index (χ0) is 24.3. The van der Waals surface area contributed by atoms with Crippen LogP contribution in [0.4, 0.5) is 5.69 Å². The van der Waals surface area contributed by atoms with Crippen LogP contribution in [0.25, 0.3) is 39.0 Å². The van der Waals surface area contributed by atoms with E-state index < -0.39 is 0 Å². The van der Waals surface area contributed by atoms with Gasteiger partial charge in [0.1, 0.15) is 0 Å². The van der Waals surface area contributed by atoms with E-state index >= 15 is 0 Å². The quantitative estimate of drug-likeness (QED) is 0.285. The Labute approximate surface area is 209 Å². The van der Waals surface area contributed by atoms with Gasteiger partial charge in [0.2, 0.25) is 0 Å². The van der Waals surface area contributed by atoms with Crippen molar-refractivity contribution in [2.45, 2.75) is 0 Å². The molecule has 4 heteroatoms. The van der Waals surface area contributed by atoms with Crippen molar-refractivity contribution < 1.29 is 4.79 Å². The lowest BCUT2D eigenvalue weighted by molar-refractivity contribution is 0.102. The summed E-state index contributed by atoms with van der Waals surface area (Å²) in [6.07, 6.45) is 0. The third-order valence-corrected chi connectivity index (χ3v) is 6.26. The van der Waals surface area contributed by atoms with Gasteiger partial charge in [-0.3, -0.25) is 4.79 Å². The molecule has 0 bridgehead atoms. The molecule has 6 rings (SSSR count). The molecule has 172 valence electrons. The molecular formula is C32H23N3O. The molecule has 0 saturated carbocycles. The van der Waals surface area contributed by atoms with E-state index in [1.165, 1.54) is 0 Å². The maximum atomic E-state index is 13.0. The zero-order valence-corrected chi connectivity index (χ0v) is 19.5. The van der Waals surface area contributed by atoms with Crippen LogP contribution < -0.4 is 5.32 Å². The lowest BCUT2D eigenvalue weighted by Gasteiger charge is -2.11. The molecule has 0 saturated heterocycles. The summed E-state index contributed by atoms with van der Waals surface area (Å²) < 4.78 is 1.93. The molecule has 0 radical (unpaired) electrons. The molecule has 1 amide bonds. The molecule has 0 aliphatic rings. The molecule has 1 aromatic heterocycles. The molecule has 36 heavy (non-hydrogen) atoms. The second-order valence-corrected chi connectivity index (χ2v) is 8.59. The molecule has 0 spiro atoms. The molecule has 1 N–H and O–H groups in total. The topological polar surface area (TPSA) is 46.9 Å². The van der Waals surface area contributed by atoms with E-state index in [0.29, 0.717) is 5.56 Å². The van der Waals surface area contributed by atoms with Gasteiger partial charge in [0.05, 0.1) is 17.1 Å². The Balaban J connectivity index is 1.33. The Kier molecular flexibility index (Phi) is 5.60. The number of hydrogen-bond acceptors (Lipinski definition) is 2. The average molecular weight is 466 g/mol. The monoisotopic (exact) mass is 465 g/mol. The van der Waals surface area contributed by atoms with Crippen LogP contribution in [0, 0.1) is 0 Å². The van der Waals surface area contributed by atoms with E-state index in [1.54, 1.807) is 0 Å². The van der Waals surface area contributed by atoms with Crippen molar-refractivity contribution in [3.63, 3.8) is 0 Å². The van der Waals surface area contributed by atoms with E-state index in [9.17, 15) is 4.79 Å². The molecule has 5 aromatic carbocycles. The first-order valence-electron chi connectivity index (χ1n) is 11.9. The summed E-state index contributed by atoms with van der Waals surface area (Å²) in [7, 11) is 0. The van der Waals surface area contributed by atoms with Gasteiger partial charge in [-0.2, -0.15) is 5.10 Å². The minimum Gasteiger partial charge on any atom is -0.321 e. The minimum absolute atomic E-state index is 0.147. The normalized spacial score (nSPS) is 10.9. The lowest BCUT2D eigenvalue weighted by atomic mass is 10.1. The maximum Gasteiger partial charge on any atom is 0.255 e. The molecule has 0 aliphatic heterocycles. The van der Waals surface area contributed by atoms with Gasteiger partial charge in [-0.15, -0.1) is 0 Å². The second kappa shape index (κ2) is 9.35. The van der Waals surface area contributed by atoms with Crippen LogP contribution in [-0.2, 0) is 0 Å². The fourth-order valence-corrected chi connectivity index (χ4v) is 4.43. The zero-order valence-electron chi connectivity index (χ0n) is 19.5. The Hall–Kier alpha value is -4.96. The molecular weight excluding hydrogens is 442 g/mol. The highest BCUT2D eigenvalue weighted by molar-refractivity contribution is 6.09. The number of anilines is 1. The number of fused-ring (bicyclic) bond motifs is 1. The van der Waals surface area contributed by atoms with Crippen molar-refractivity contribution in [3.05, 3.63) is 139 Å². The third-order valence-electron chi connectivity index (χ3n) is 6.26. The van der Waals surface area contributed by atoms with Crippen molar-refractivity contribution in [3.8, 4) is 28.2 Å². The van der Waals surface area contributed by atoms with Gasteiger partial charge < -0.3 is 5.32 Å². The van der Waals surface area contributed by atoms with Gasteiger partial charge in [-0.1, -0.05) is 97.1 Å². The maximum absolute atomic E-state index is 13.0. The number of rotatable bonds is 5. The molecule has 0 aliphatic carbocycles. The molecule has 1 heterocycles. The average Bonchev–Trinajstić information content (AvgIpc) is 3.40. The van der Waals surface area contributed by atoms with E-state index in [4.69, 9.17) is 5.10 Å². The van der Waals surface area contributed by atoms with E-state index in [2.05, 4.69) is 35.6 Å². The number of hydrogen-bond donors (Lipinski definition) is 1. The fourth-order valence-electron chi connectivity index (χ4n) is 4.43. The van der Waals surface area contributed by atoms with Crippen molar-refractivity contribution >= 4 is 22.4 Å². The van der Waals surface area contributed by atoms with Gasteiger partial charge in [0.15, 0.2) is 0 Å². The highest BCUT2D eigenvalue weighted by Gasteiger charge is 2.14. The van der Waals surface area contributed by atoms with Crippen molar-refractivity contribution in [1.29, 1.82) is 0 Å². The fraction of sp³-hybridized carbons (Fsp3) is 0. The highest BCUT2D eigenvalue weighted by atomic mass is 16.1. The van der Waals surface area contributed by atoms with Crippen LogP contribution in [0.5, 0.6) is 0 Å². The number of carbonyl (C=O) groups is 1. The van der Waals surface area contributed by atoms with E-state index in [-0.39, 0.29) is 5.91 Å². The minimum atomic E-state index is -0.147. The van der Waals surface area contributed by atoms with Gasteiger partial charge in [-0.05, 0) is 41.8 Å². The highest BCUT2D eigenvalue weighted by Crippen LogP contribution is 2.29. The second-order valence-electron chi connectivity index (χ2n) is 8.59. The molecule has 6 aromatic rings. The summed E-state index contributed by atoms with van der Waals surface area (Å²) in [6, 6.07) is 44.0. The predicted octanol–water partition coefficient (Wildman–Crippen LogP) is 7.61. The Morgan fingerprint density at radius 3 is 2.03 bits per heavy atom. The summed E-state index contributed by atoms with van der Waals surface area (Å²) in [5.41, 5.74) is 6.29. The van der Waals surface area contributed by atoms with Crippen molar-refractivity contribution in [1.82, 2.24) is 9.78 Å². The van der Waals surface area contributed by atoms with Crippen molar-refractivity contribution in [2.24, 2.45) is 0 Å². The Bertz CT molecular complexity index is 1650. The first kappa shape index (κ1) is 21.6. The van der Waals surface area contributed by atoms with Crippen LogP contribution in [0.1, 0.15) is 10.4 Å². The standard InChI is InChI=1S/C32H23N3O/c36-32(33-29-17-9-15-23-10-7-8-16-28(23)29)26-18-20-27(21-19-26)35-31(25-13-5-2-6-14-25)22-30(34-35)24-11-3-1-4-12-24/h1-22H,(H,33,36). The molecule has 0 unspecified atom stereocenters. The van der Waals surface area contributed by atoms with Gasteiger partial charge in [-0.25, -0.2) is 4.68 Å². The molecule has 4 nitrogen and oxygen atoms in total. The van der Waals surface area contributed by atoms with E-state index in [0.717, 1.165) is 44.7 Å². The third kappa shape index (κ3) is 4.17. The molecule has 0 atom stereocenters. The Morgan fingerprint density at radius 1 is 0.639 bits per heavy atom. The summed E-state index contributed by atoms with van der Waals surface area (Å²) in [4.78, 5) is 13.0. The summed E-state index contributed by atoms with van der Waals surface area (Å²) in [5.74, 6) is -0.147. The van der Waals surface area contributed by atoms with Gasteiger partial charge in [0, 0.05) is 27.8 Å². The first-order valence-corrected chi connectivity index (χ1v) is 11.9. The number of nitrogens with one attached hydrogen (secondary N) is 1.